The number of carboxylic acids is 1. The number of amides is 2. The first-order valence-electron chi connectivity index (χ1n) is 13.1. The van der Waals surface area contributed by atoms with E-state index in [2.05, 4.69) is 10.1 Å². The van der Waals surface area contributed by atoms with Gasteiger partial charge in [0, 0.05) is 32.1 Å². The summed E-state index contributed by atoms with van der Waals surface area (Å²) in [4.78, 5) is 30.8. The number of carbonyl (C=O) groups excluding carboxylic acids is 1. The summed E-state index contributed by atoms with van der Waals surface area (Å²) >= 11 is 0. The van der Waals surface area contributed by atoms with Crippen molar-refractivity contribution in [3.05, 3.63) is 71.1 Å². The number of carbonyl (C=O) groups is 2. The van der Waals surface area contributed by atoms with Crippen molar-refractivity contribution >= 4 is 17.9 Å². The number of nitrogens with zero attached hydrogens (tertiary/aromatic N) is 4. The third kappa shape index (κ3) is 7.68. The van der Waals surface area contributed by atoms with Crippen molar-refractivity contribution in [3.8, 4) is 5.75 Å². The van der Waals surface area contributed by atoms with E-state index in [4.69, 9.17) is 15.0 Å². The van der Waals surface area contributed by atoms with Crippen LogP contribution in [0.4, 0.5) is 23.9 Å². The number of aromatic nitrogens is 2. The number of piperidine rings is 1. The Labute approximate surface area is 234 Å². The predicted octanol–water partition coefficient (Wildman–Crippen LogP) is 4.84. The fourth-order valence-electron chi connectivity index (χ4n) is 4.46. The Morgan fingerprint density at radius 2 is 1.68 bits per heavy atom. The monoisotopic (exact) mass is 575 g/mol. The van der Waals surface area contributed by atoms with E-state index in [0.717, 1.165) is 17.7 Å². The van der Waals surface area contributed by atoms with Gasteiger partial charge in [-0.05, 0) is 73.7 Å². The maximum atomic E-state index is 13.1. The Kier molecular flexibility index (Phi) is 8.74. The second-order valence-electron chi connectivity index (χ2n) is 10.5. The second kappa shape index (κ2) is 12.1. The van der Waals surface area contributed by atoms with Gasteiger partial charge in [0.05, 0.1) is 5.56 Å². The van der Waals surface area contributed by atoms with Crippen LogP contribution in [0.5, 0.6) is 5.75 Å². The average Bonchev–Trinajstić information content (AvgIpc) is 3.42. The van der Waals surface area contributed by atoms with Crippen LogP contribution in [0.15, 0.2) is 53.1 Å². The van der Waals surface area contributed by atoms with Crippen molar-refractivity contribution < 1.29 is 37.1 Å². The van der Waals surface area contributed by atoms with Crippen LogP contribution in [0.25, 0.3) is 0 Å². The third-order valence-electron chi connectivity index (χ3n) is 7.01. The number of urea groups is 1. The number of hydrogen-bond acceptors (Lipinski definition) is 7. The lowest BCUT2D eigenvalue weighted by Gasteiger charge is -2.28. The van der Waals surface area contributed by atoms with E-state index in [0.29, 0.717) is 62.0 Å². The molecule has 1 aliphatic rings. The van der Waals surface area contributed by atoms with Crippen LogP contribution in [0.3, 0.4) is 0 Å². The molecular formula is C28H32F3N5O5. The van der Waals surface area contributed by atoms with E-state index < -0.39 is 29.3 Å². The zero-order valence-electron chi connectivity index (χ0n) is 22.7. The molecular weight excluding hydrogens is 543 g/mol. The molecule has 10 nitrogen and oxygen atoms in total. The van der Waals surface area contributed by atoms with Crippen LogP contribution in [0.1, 0.15) is 55.2 Å². The summed E-state index contributed by atoms with van der Waals surface area (Å²) < 4.78 is 50.3. The number of ether oxygens (including phenoxy) is 1. The van der Waals surface area contributed by atoms with Crippen LogP contribution in [0, 0.1) is 0 Å². The number of primary amides is 1. The number of benzene rings is 2. The van der Waals surface area contributed by atoms with Gasteiger partial charge in [-0.3, -0.25) is 0 Å². The summed E-state index contributed by atoms with van der Waals surface area (Å²) in [5, 5.41) is 13.4. The van der Waals surface area contributed by atoms with Crippen LogP contribution in [0.2, 0.25) is 0 Å². The molecule has 0 aliphatic carbocycles. The van der Waals surface area contributed by atoms with Crippen molar-refractivity contribution in [1.82, 2.24) is 15.0 Å². The van der Waals surface area contributed by atoms with Gasteiger partial charge in [-0.1, -0.05) is 24.3 Å². The van der Waals surface area contributed by atoms with E-state index >= 15 is 0 Å². The lowest BCUT2D eigenvalue weighted by Crippen LogP contribution is -2.41. The zero-order valence-corrected chi connectivity index (χ0v) is 22.7. The summed E-state index contributed by atoms with van der Waals surface area (Å²) in [7, 11) is 0. The van der Waals surface area contributed by atoms with E-state index in [1.807, 2.05) is 17.0 Å². The van der Waals surface area contributed by atoms with Crippen LogP contribution in [-0.2, 0) is 23.9 Å². The van der Waals surface area contributed by atoms with Gasteiger partial charge in [0.2, 0.25) is 5.89 Å². The summed E-state index contributed by atoms with van der Waals surface area (Å²) in [6.07, 6.45) is -2.66. The quantitative estimate of drug-likeness (QED) is 0.351. The third-order valence-corrected chi connectivity index (χ3v) is 7.01. The molecule has 41 heavy (non-hydrogen) atoms. The van der Waals surface area contributed by atoms with E-state index in [-0.39, 0.29) is 12.5 Å². The number of nitrogens with two attached hydrogens (primary N) is 1. The molecule has 4 rings (SSSR count). The first kappa shape index (κ1) is 29.7. The molecule has 2 aromatic carbocycles. The minimum Gasteiger partial charge on any atom is -0.478 e. The maximum absolute atomic E-state index is 13.1. The number of halogens is 3. The van der Waals surface area contributed by atoms with Gasteiger partial charge < -0.3 is 29.9 Å². The fraction of sp³-hybridized carbons (Fsp3) is 0.429. The molecule has 0 unspecified atom stereocenters. The standard InChI is InChI=1S/C28H32F3N5O5/c1-27(2,24(37)38)40-22-9-5-18(6-10-22)11-14-36(17-19-3-7-21(8-4-19)28(29,30)31)26-33-23(41-34-26)20-12-15-35(16-13-20)25(32)39/h3-10,20H,11-17H2,1-2H3,(H2,32,39)(H,37,38). The molecule has 2 heterocycles. The SMILES string of the molecule is CC(C)(Oc1ccc(CCN(Cc2ccc(C(F)(F)F)cc2)c2noc(C3CCN(C(N)=O)CC3)n2)cc1)C(=O)O. The molecule has 0 saturated carbocycles. The Morgan fingerprint density at radius 3 is 2.24 bits per heavy atom. The molecule has 1 saturated heterocycles. The van der Waals surface area contributed by atoms with Crippen molar-refractivity contribution in [3.63, 3.8) is 0 Å². The summed E-state index contributed by atoms with van der Waals surface area (Å²) in [6.45, 7) is 4.55. The van der Waals surface area contributed by atoms with E-state index in [1.165, 1.54) is 26.0 Å². The number of hydrogen-bond donors (Lipinski definition) is 2. The summed E-state index contributed by atoms with van der Waals surface area (Å²) in [5.41, 5.74) is 4.81. The smallest absolute Gasteiger partial charge is 0.416 e. The molecule has 1 aromatic heterocycles. The van der Waals surface area contributed by atoms with Crippen molar-refractivity contribution in [2.75, 3.05) is 24.5 Å². The lowest BCUT2D eigenvalue weighted by molar-refractivity contribution is -0.152. The minimum atomic E-state index is -4.43. The predicted molar refractivity (Wildman–Crippen MR) is 142 cm³/mol. The van der Waals surface area contributed by atoms with Crippen LogP contribution < -0.4 is 15.4 Å². The molecule has 0 bridgehead atoms. The molecule has 0 atom stereocenters. The lowest BCUT2D eigenvalue weighted by atomic mass is 9.97. The fourth-order valence-corrected chi connectivity index (χ4v) is 4.46. The number of alkyl halides is 3. The van der Waals surface area contributed by atoms with Gasteiger partial charge in [-0.15, -0.1) is 0 Å². The molecule has 3 N–H and O–H groups in total. The highest BCUT2D eigenvalue weighted by molar-refractivity contribution is 5.76. The highest BCUT2D eigenvalue weighted by Gasteiger charge is 2.31. The summed E-state index contributed by atoms with van der Waals surface area (Å²) in [5.74, 6) is 0.0261. The topological polar surface area (TPSA) is 135 Å². The number of anilines is 1. The largest absolute Gasteiger partial charge is 0.478 e. The molecule has 1 fully saturated rings. The Hall–Kier alpha value is -4.29. The Balaban J connectivity index is 1.48. The molecule has 13 heteroatoms. The van der Waals surface area contributed by atoms with E-state index in [9.17, 15) is 27.9 Å². The molecule has 0 spiro atoms. The molecule has 0 radical (unpaired) electrons. The Morgan fingerprint density at radius 1 is 1.07 bits per heavy atom. The highest BCUT2D eigenvalue weighted by atomic mass is 19.4. The van der Waals surface area contributed by atoms with Gasteiger partial charge >= 0.3 is 18.2 Å². The number of carboxylic acid groups (broad SMARTS) is 1. The molecule has 3 aromatic rings. The van der Waals surface area contributed by atoms with Gasteiger partial charge in [0.25, 0.3) is 5.95 Å². The van der Waals surface area contributed by atoms with Crippen molar-refractivity contribution in [2.24, 2.45) is 5.73 Å². The highest BCUT2D eigenvalue weighted by Crippen LogP contribution is 2.31. The van der Waals surface area contributed by atoms with Crippen molar-refractivity contribution in [2.45, 2.75) is 57.3 Å². The van der Waals surface area contributed by atoms with Crippen LogP contribution >= 0.6 is 0 Å². The van der Waals surface area contributed by atoms with Gasteiger partial charge in [-0.2, -0.15) is 18.2 Å². The van der Waals surface area contributed by atoms with Gasteiger partial charge in [0.15, 0.2) is 5.60 Å². The number of aliphatic carboxylic acids is 1. The number of rotatable bonds is 10. The first-order valence-corrected chi connectivity index (χ1v) is 13.1. The minimum absolute atomic E-state index is 0.0395. The average molecular weight is 576 g/mol. The van der Waals surface area contributed by atoms with Crippen LogP contribution in [-0.4, -0.2) is 57.4 Å². The van der Waals surface area contributed by atoms with Gasteiger partial charge in [0.1, 0.15) is 5.75 Å². The second-order valence-corrected chi connectivity index (χ2v) is 10.5. The number of likely N-dealkylation sites (tertiary alicyclic amines) is 1. The molecule has 2 amide bonds. The normalized spacial score (nSPS) is 14.6. The van der Waals surface area contributed by atoms with Gasteiger partial charge in [-0.25, -0.2) is 9.59 Å². The maximum Gasteiger partial charge on any atom is 0.416 e. The zero-order chi connectivity index (χ0) is 29.8. The summed E-state index contributed by atoms with van der Waals surface area (Å²) in [6, 6.07) is 11.5. The van der Waals surface area contributed by atoms with Crippen molar-refractivity contribution in [1.29, 1.82) is 0 Å². The molecule has 1 aliphatic heterocycles. The Bertz CT molecular complexity index is 1330. The first-order chi connectivity index (χ1) is 19.3. The molecule has 220 valence electrons. The van der Waals surface area contributed by atoms with E-state index in [1.54, 1.807) is 17.0 Å².